The molecule has 0 aliphatic carbocycles. The lowest BCUT2D eigenvalue weighted by Gasteiger charge is -2.26. The van der Waals surface area contributed by atoms with Crippen molar-refractivity contribution < 1.29 is 26.4 Å². The van der Waals surface area contributed by atoms with Gasteiger partial charge in [0, 0.05) is 45.5 Å². The molecule has 1 aromatic rings. The molecule has 1 aliphatic heterocycles. The lowest BCUT2D eigenvalue weighted by atomic mass is 10.1. The maximum absolute atomic E-state index is 13.0. The van der Waals surface area contributed by atoms with Crippen LogP contribution < -0.4 is 4.90 Å². The maximum atomic E-state index is 13.0. The number of amides is 1. The first-order chi connectivity index (χ1) is 13.5. The molecule has 0 N–H and O–H groups in total. The van der Waals surface area contributed by atoms with Gasteiger partial charge >= 0.3 is 6.18 Å². The molecule has 0 unspecified atom stereocenters. The number of alkyl halides is 3. The van der Waals surface area contributed by atoms with Crippen molar-refractivity contribution in [2.75, 3.05) is 44.7 Å². The van der Waals surface area contributed by atoms with E-state index in [0.717, 1.165) is 17.7 Å². The highest BCUT2D eigenvalue weighted by atomic mass is 32.2. The molecule has 0 aromatic heterocycles. The van der Waals surface area contributed by atoms with E-state index in [-0.39, 0.29) is 23.5 Å². The molecular weight excluding hydrogens is 407 g/mol. The Morgan fingerprint density at radius 2 is 1.72 bits per heavy atom. The van der Waals surface area contributed by atoms with Gasteiger partial charge in [-0.1, -0.05) is 13.8 Å². The van der Waals surface area contributed by atoms with E-state index >= 15 is 0 Å². The Morgan fingerprint density at radius 3 is 2.24 bits per heavy atom. The van der Waals surface area contributed by atoms with Crippen LogP contribution in [0.2, 0.25) is 0 Å². The maximum Gasteiger partial charge on any atom is 0.390 e. The monoisotopic (exact) mass is 435 g/mol. The van der Waals surface area contributed by atoms with Crippen molar-refractivity contribution in [3.05, 3.63) is 23.8 Å². The topological polar surface area (TPSA) is 60.9 Å². The second kappa shape index (κ2) is 9.34. The van der Waals surface area contributed by atoms with Crippen molar-refractivity contribution in [1.29, 1.82) is 0 Å². The van der Waals surface area contributed by atoms with E-state index in [0.29, 0.717) is 18.8 Å². The standard InChI is InChI=1S/C19H28F3N3O3S/c1-4-25(5-2)29(27,28)15-8-9-17(24-11-6-7-12-24)16(14-15)18(26)23(3)13-10-19(20,21)22/h8-9,14H,4-7,10-13H2,1-3H3. The van der Waals surface area contributed by atoms with Gasteiger partial charge in [0.2, 0.25) is 10.0 Å². The number of halogens is 3. The molecule has 10 heteroatoms. The molecular formula is C19H28F3N3O3S. The molecule has 0 bridgehead atoms. The average Bonchev–Trinajstić information content (AvgIpc) is 3.19. The highest BCUT2D eigenvalue weighted by Crippen LogP contribution is 2.30. The van der Waals surface area contributed by atoms with Gasteiger partial charge in [-0.15, -0.1) is 0 Å². The number of anilines is 1. The van der Waals surface area contributed by atoms with Crippen molar-refractivity contribution in [3.63, 3.8) is 0 Å². The minimum absolute atomic E-state index is 0.0308. The summed E-state index contributed by atoms with van der Waals surface area (Å²) >= 11 is 0. The summed E-state index contributed by atoms with van der Waals surface area (Å²) in [5.74, 6) is -0.618. The summed E-state index contributed by atoms with van der Waals surface area (Å²) in [5, 5.41) is 0. The van der Waals surface area contributed by atoms with Crippen LogP contribution in [0.15, 0.2) is 23.1 Å². The summed E-state index contributed by atoms with van der Waals surface area (Å²) in [6.45, 7) is 4.94. The highest BCUT2D eigenvalue weighted by molar-refractivity contribution is 7.89. The molecule has 6 nitrogen and oxygen atoms in total. The van der Waals surface area contributed by atoms with E-state index < -0.39 is 35.1 Å². The summed E-state index contributed by atoms with van der Waals surface area (Å²) in [7, 11) is -2.50. The molecule has 1 aliphatic rings. The van der Waals surface area contributed by atoms with Crippen LogP contribution in [0.4, 0.5) is 18.9 Å². The predicted molar refractivity (Wildman–Crippen MR) is 106 cm³/mol. The molecule has 164 valence electrons. The van der Waals surface area contributed by atoms with Gasteiger partial charge in [0.25, 0.3) is 5.91 Å². The molecule has 0 saturated carbocycles. The van der Waals surface area contributed by atoms with Crippen LogP contribution in [0.1, 0.15) is 43.5 Å². The number of benzene rings is 1. The summed E-state index contributed by atoms with van der Waals surface area (Å²) in [5.41, 5.74) is 0.676. The minimum atomic E-state index is -4.37. The normalized spacial score (nSPS) is 15.2. The van der Waals surface area contributed by atoms with Crippen molar-refractivity contribution >= 4 is 21.6 Å². The van der Waals surface area contributed by atoms with Crippen LogP contribution in [-0.2, 0) is 10.0 Å². The van der Waals surface area contributed by atoms with Gasteiger partial charge in [0.15, 0.2) is 0 Å². The Kier molecular flexibility index (Phi) is 7.56. The van der Waals surface area contributed by atoms with E-state index in [4.69, 9.17) is 0 Å². The van der Waals surface area contributed by atoms with Crippen LogP contribution in [0.3, 0.4) is 0 Å². The minimum Gasteiger partial charge on any atom is -0.371 e. The Labute approximate surface area is 170 Å². The van der Waals surface area contributed by atoms with Gasteiger partial charge in [-0.05, 0) is 31.0 Å². The average molecular weight is 436 g/mol. The third kappa shape index (κ3) is 5.63. The molecule has 0 radical (unpaired) electrons. The summed E-state index contributed by atoms with van der Waals surface area (Å²) in [4.78, 5) is 15.9. The number of hydrogen-bond donors (Lipinski definition) is 0. The number of sulfonamides is 1. The molecule has 1 saturated heterocycles. The Bertz CT molecular complexity index is 818. The van der Waals surface area contributed by atoms with Crippen molar-refractivity contribution in [1.82, 2.24) is 9.21 Å². The van der Waals surface area contributed by atoms with Gasteiger partial charge in [0.1, 0.15) is 0 Å². The lowest BCUT2D eigenvalue weighted by Crippen LogP contribution is -2.33. The van der Waals surface area contributed by atoms with E-state index in [2.05, 4.69) is 0 Å². The zero-order valence-corrected chi connectivity index (χ0v) is 17.8. The van der Waals surface area contributed by atoms with Crippen molar-refractivity contribution in [2.45, 2.75) is 44.2 Å². The Hall–Kier alpha value is -1.81. The van der Waals surface area contributed by atoms with Crippen LogP contribution >= 0.6 is 0 Å². The predicted octanol–water partition coefficient (Wildman–Crippen LogP) is 3.34. The molecule has 0 spiro atoms. The number of nitrogens with zero attached hydrogens (tertiary/aromatic N) is 3. The fourth-order valence-corrected chi connectivity index (χ4v) is 4.88. The molecule has 1 amide bonds. The zero-order chi connectivity index (χ0) is 21.8. The van der Waals surface area contributed by atoms with Crippen LogP contribution in [-0.4, -0.2) is 69.5 Å². The van der Waals surface area contributed by atoms with Gasteiger partial charge in [-0.25, -0.2) is 8.42 Å². The summed E-state index contributed by atoms with van der Waals surface area (Å²) < 4.78 is 64.7. The molecule has 1 heterocycles. The molecule has 29 heavy (non-hydrogen) atoms. The molecule has 1 fully saturated rings. The second-order valence-corrected chi connectivity index (χ2v) is 8.99. The Balaban J connectivity index is 2.44. The van der Waals surface area contributed by atoms with E-state index in [1.165, 1.54) is 23.5 Å². The smallest absolute Gasteiger partial charge is 0.371 e. The number of rotatable bonds is 8. The lowest BCUT2D eigenvalue weighted by molar-refractivity contribution is -0.136. The molecule has 2 rings (SSSR count). The first-order valence-electron chi connectivity index (χ1n) is 9.72. The fourth-order valence-electron chi connectivity index (χ4n) is 3.39. The first-order valence-corrected chi connectivity index (χ1v) is 11.2. The number of carbonyl (C=O) groups is 1. The van der Waals surface area contributed by atoms with E-state index in [1.54, 1.807) is 19.9 Å². The molecule has 1 aromatic carbocycles. The van der Waals surface area contributed by atoms with Crippen LogP contribution in [0.25, 0.3) is 0 Å². The number of carbonyl (C=O) groups excluding carboxylic acids is 1. The quantitative estimate of drug-likeness (QED) is 0.628. The number of hydrogen-bond acceptors (Lipinski definition) is 4. The third-order valence-corrected chi connectivity index (χ3v) is 7.11. The van der Waals surface area contributed by atoms with Gasteiger partial charge in [0.05, 0.1) is 16.9 Å². The third-order valence-electron chi connectivity index (χ3n) is 5.07. The highest BCUT2D eigenvalue weighted by Gasteiger charge is 2.30. The van der Waals surface area contributed by atoms with E-state index in [1.807, 2.05) is 4.90 Å². The Morgan fingerprint density at radius 1 is 1.14 bits per heavy atom. The van der Waals surface area contributed by atoms with Crippen LogP contribution in [0.5, 0.6) is 0 Å². The fraction of sp³-hybridized carbons (Fsp3) is 0.632. The van der Waals surface area contributed by atoms with Gasteiger partial charge < -0.3 is 9.80 Å². The molecule has 0 atom stereocenters. The largest absolute Gasteiger partial charge is 0.390 e. The van der Waals surface area contributed by atoms with Crippen LogP contribution in [0, 0.1) is 0 Å². The van der Waals surface area contributed by atoms with Gasteiger partial charge in [-0.2, -0.15) is 17.5 Å². The van der Waals surface area contributed by atoms with Crippen molar-refractivity contribution in [2.24, 2.45) is 0 Å². The summed E-state index contributed by atoms with van der Waals surface area (Å²) in [6.07, 6.45) is -3.61. The first kappa shape index (κ1) is 23.5. The van der Waals surface area contributed by atoms with E-state index in [9.17, 15) is 26.4 Å². The SMILES string of the molecule is CCN(CC)S(=O)(=O)c1ccc(N2CCCC2)c(C(=O)N(C)CCC(F)(F)F)c1. The van der Waals surface area contributed by atoms with Gasteiger partial charge in [-0.3, -0.25) is 4.79 Å². The second-order valence-electron chi connectivity index (χ2n) is 7.05. The summed E-state index contributed by atoms with van der Waals surface area (Å²) in [6, 6.07) is 4.36. The zero-order valence-electron chi connectivity index (χ0n) is 17.0. The van der Waals surface area contributed by atoms with Crippen molar-refractivity contribution in [3.8, 4) is 0 Å².